The lowest BCUT2D eigenvalue weighted by Crippen LogP contribution is -2.16. The molecule has 0 radical (unpaired) electrons. The molecular weight excluding hydrogens is 372 g/mol. The maximum atomic E-state index is 12.8. The van der Waals surface area contributed by atoms with Gasteiger partial charge in [-0.3, -0.25) is 4.79 Å². The first kappa shape index (κ1) is 18.2. The molecule has 3 aromatic heterocycles. The van der Waals surface area contributed by atoms with E-state index in [2.05, 4.69) is 53.5 Å². The van der Waals surface area contributed by atoms with Crippen LogP contribution in [-0.4, -0.2) is 20.7 Å². The standard InChI is InChI=1S/C21H20N4O2S/c1-14(2)16-9-7-15(8-10-16)13-22-21-23-19(17-5-3-11-27-17)24-25(21)20(26)18-6-4-12-28-18/h3-12,14H,13H2,1-2H3,(H,22,23,24). The maximum Gasteiger partial charge on any atom is 0.291 e. The van der Waals surface area contributed by atoms with Crippen molar-refractivity contribution in [3.05, 3.63) is 76.2 Å². The van der Waals surface area contributed by atoms with E-state index in [1.165, 1.54) is 21.6 Å². The Kier molecular flexibility index (Phi) is 5.08. The van der Waals surface area contributed by atoms with Gasteiger partial charge >= 0.3 is 0 Å². The van der Waals surface area contributed by atoms with E-state index in [4.69, 9.17) is 4.42 Å². The van der Waals surface area contributed by atoms with Crippen molar-refractivity contribution in [2.24, 2.45) is 0 Å². The smallest absolute Gasteiger partial charge is 0.291 e. The van der Waals surface area contributed by atoms with Crippen molar-refractivity contribution in [1.82, 2.24) is 14.8 Å². The summed E-state index contributed by atoms with van der Waals surface area (Å²) >= 11 is 1.37. The number of carbonyl (C=O) groups is 1. The van der Waals surface area contributed by atoms with Gasteiger partial charge in [-0.2, -0.15) is 9.67 Å². The van der Waals surface area contributed by atoms with E-state index in [-0.39, 0.29) is 5.91 Å². The summed E-state index contributed by atoms with van der Waals surface area (Å²) in [4.78, 5) is 17.9. The molecule has 4 rings (SSSR count). The molecule has 0 amide bonds. The number of nitrogens with zero attached hydrogens (tertiary/aromatic N) is 3. The molecule has 1 N–H and O–H groups in total. The van der Waals surface area contributed by atoms with Crippen LogP contribution in [0.1, 0.15) is 40.6 Å². The Bertz CT molecular complexity index is 1050. The quantitative estimate of drug-likeness (QED) is 0.498. The zero-order chi connectivity index (χ0) is 19.5. The summed E-state index contributed by atoms with van der Waals surface area (Å²) in [7, 11) is 0. The van der Waals surface area contributed by atoms with Gasteiger partial charge in [0, 0.05) is 6.54 Å². The summed E-state index contributed by atoms with van der Waals surface area (Å²) in [6.45, 7) is 4.87. The first-order chi connectivity index (χ1) is 13.6. The number of rotatable bonds is 6. The molecule has 0 fully saturated rings. The highest BCUT2D eigenvalue weighted by Crippen LogP contribution is 2.21. The molecular formula is C21H20N4O2S. The molecule has 0 spiro atoms. The highest BCUT2D eigenvalue weighted by atomic mass is 32.1. The van der Waals surface area contributed by atoms with Gasteiger partial charge in [0.15, 0.2) is 5.76 Å². The molecule has 3 heterocycles. The Balaban J connectivity index is 1.60. The third-order valence-electron chi connectivity index (χ3n) is 4.37. The van der Waals surface area contributed by atoms with Gasteiger partial charge in [0.2, 0.25) is 11.8 Å². The molecule has 0 aliphatic rings. The molecule has 142 valence electrons. The number of hydrogen-bond donors (Lipinski definition) is 1. The predicted molar refractivity (Wildman–Crippen MR) is 110 cm³/mol. The number of thiophene rings is 1. The van der Waals surface area contributed by atoms with Crippen LogP contribution in [0.4, 0.5) is 5.95 Å². The van der Waals surface area contributed by atoms with Crippen molar-refractivity contribution in [2.45, 2.75) is 26.3 Å². The van der Waals surface area contributed by atoms with E-state index in [0.29, 0.717) is 34.9 Å². The largest absolute Gasteiger partial charge is 0.461 e. The molecule has 0 saturated carbocycles. The topological polar surface area (TPSA) is 73.0 Å². The van der Waals surface area contributed by atoms with Crippen LogP contribution in [0.15, 0.2) is 64.6 Å². The van der Waals surface area contributed by atoms with Gasteiger partial charge < -0.3 is 9.73 Å². The molecule has 1 aromatic carbocycles. The van der Waals surface area contributed by atoms with Crippen LogP contribution in [0.3, 0.4) is 0 Å². The first-order valence-electron chi connectivity index (χ1n) is 9.03. The molecule has 0 aliphatic carbocycles. The van der Waals surface area contributed by atoms with Crippen LogP contribution in [0.5, 0.6) is 0 Å². The highest BCUT2D eigenvalue weighted by molar-refractivity contribution is 7.12. The number of hydrogen-bond acceptors (Lipinski definition) is 6. The second kappa shape index (κ2) is 7.82. The molecule has 7 heteroatoms. The average Bonchev–Trinajstić information content (AvgIpc) is 3.47. The number of nitrogens with one attached hydrogen (secondary N) is 1. The Labute approximate surface area is 166 Å². The fraction of sp³-hybridized carbons (Fsp3) is 0.190. The van der Waals surface area contributed by atoms with Crippen LogP contribution in [0.25, 0.3) is 11.6 Å². The Morgan fingerprint density at radius 2 is 2.00 bits per heavy atom. The Morgan fingerprint density at radius 1 is 1.18 bits per heavy atom. The number of anilines is 1. The number of benzene rings is 1. The molecule has 6 nitrogen and oxygen atoms in total. The van der Waals surface area contributed by atoms with Crippen LogP contribution < -0.4 is 5.32 Å². The zero-order valence-corrected chi connectivity index (χ0v) is 16.4. The van der Waals surface area contributed by atoms with E-state index in [1.807, 2.05) is 11.4 Å². The Hall–Kier alpha value is -3.19. The molecule has 0 saturated heterocycles. The minimum atomic E-state index is -0.224. The van der Waals surface area contributed by atoms with E-state index < -0.39 is 0 Å². The summed E-state index contributed by atoms with van der Waals surface area (Å²) in [6, 6.07) is 15.6. The molecule has 28 heavy (non-hydrogen) atoms. The normalized spacial score (nSPS) is 11.1. The van der Waals surface area contributed by atoms with Crippen molar-refractivity contribution < 1.29 is 9.21 Å². The molecule has 0 bridgehead atoms. The van der Waals surface area contributed by atoms with Gasteiger partial charge in [-0.25, -0.2) is 0 Å². The van der Waals surface area contributed by atoms with Crippen molar-refractivity contribution in [3.63, 3.8) is 0 Å². The van der Waals surface area contributed by atoms with Gasteiger partial charge in [0.05, 0.1) is 11.1 Å². The van der Waals surface area contributed by atoms with E-state index in [9.17, 15) is 4.79 Å². The number of aromatic nitrogens is 3. The predicted octanol–water partition coefficient (Wildman–Crippen LogP) is 5.02. The van der Waals surface area contributed by atoms with Crippen molar-refractivity contribution in [3.8, 4) is 11.6 Å². The molecule has 0 aliphatic heterocycles. The summed E-state index contributed by atoms with van der Waals surface area (Å²) < 4.78 is 6.68. The first-order valence-corrected chi connectivity index (χ1v) is 9.91. The summed E-state index contributed by atoms with van der Waals surface area (Å²) in [5, 5.41) is 9.46. The Morgan fingerprint density at radius 3 is 2.64 bits per heavy atom. The van der Waals surface area contributed by atoms with E-state index in [0.717, 1.165) is 5.56 Å². The van der Waals surface area contributed by atoms with Crippen LogP contribution in [0.2, 0.25) is 0 Å². The molecule has 4 aromatic rings. The SMILES string of the molecule is CC(C)c1ccc(CNc2nc(-c3ccco3)nn2C(=O)c2cccs2)cc1. The van der Waals surface area contributed by atoms with Crippen molar-refractivity contribution in [1.29, 1.82) is 0 Å². The van der Waals surface area contributed by atoms with Gasteiger partial charge in [-0.15, -0.1) is 16.4 Å². The second-order valence-corrected chi connectivity index (χ2v) is 7.63. The summed E-state index contributed by atoms with van der Waals surface area (Å²) in [5.74, 6) is 1.54. The monoisotopic (exact) mass is 392 g/mol. The zero-order valence-electron chi connectivity index (χ0n) is 15.6. The van der Waals surface area contributed by atoms with E-state index in [1.54, 1.807) is 24.5 Å². The lowest BCUT2D eigenvalue weighted by molar-refractivity contribution is 0.0951. The van der Waals surface area contributed by atoms with Crippen LogP contribution in [0, 0.1) is 0 Å². The third-order valence-corrected chi connectivity index (χ3v) is 5.23. The van der Waals surface area contributed by atoms with Crippen LogP contribution in [-0.2, 0) is 6.54 Å². The lowest BCUT2D eigenvalue weighted by atomic mass is 10.0. The second-order valence-electron chi connectivity index (χ2n) is 6.68. The van der Waals surface area contributed by atoms with E-state index >= 15 is 0 Å². The lowest BCUT2D eigenvalue weighted by Gasteiger charge is -2.09. The number of furan rings is 1. The van der Waals surface area contributed by atoms with Crippen molar-refractivity contribution >= 4 is 23.2 Å². The number of carbonyl (C=O) groups excluding carboxylic acids is 1. The minimum Gasteiger partial charge on any atom is -0.461 e. The summed E-state index contributed by atoms with van der Waals surface area (Å²) in [5.41, 5.74) is 2.39. The molecule has 0 atom stereocenters. The fourth-order valence-corrected chi connectivity index (χ4v) is 3.43. The maximum absolute atomic E-state index is 12.8. The van der Waals surface area contributed by atoms with Crippen molar-refractivity contribution in [2.75, 3.05) is 5.32 Å². The average molecular weight is 392 g/mol. The molecule has 0 unspecified atom stereocenters. The highest BCUT2D eigenvalue weighted by Gasteiger charge is 2.20. The van der Waals surface area contributed by atoms with Gasteiger partial charge in [0.1, 0.15) is 0 Å². The van der Waals surface area contributed by atoms with Crippen LogP contribution >= 0.6 is 11.3 Å². The van der Waals surface area contributed by atoms with Gasteiger partial charge in [-0.05, 0) is 40.6 Å². The van der Waals surface area contributed by atoms with Gasteiger partial charge in [-0.1, -0.05) is 44.2 Å². The third kappa shape index (κ3) is 3.75. The van der Waals surface area contributed by atoms with Gasteiger partial charge in [0.25, 0.3) is 5.91 Å². The fourth-order valence-electron chi connectivity index (χ4n) is 2.78. The minimum absolute atomic E-state index is 0.224. The summed E-state index contributed by atoms with van der Waals surface area (Å²) in [6.07, 6.45) is 1.56.